The van der Waals surface area contributed by atoms with Gasteiger partial charge in [0.05, 0.1) is 12.2 Å². The Labute approximate surface area is 127 Å². The third kappa shape index (κ3) is 4.21. The van der Waals surface area contributed by atoms with Crippen LogP contribution < -0.4 is 5.73 Å². The van der Waals surface area contributed by atoms with E-state index in [2.05, 4.69) is 18.9 Å². The molecule has 0 unspecified atom stereocenters. The molecule has 0 saturated carbocycles. The molecule has 1 aliphatic heterocycles. The molecule has 1 heterocycles. The average molecular weight is 290 g/mol. The van der Waals surface area contributed by atoms with Crippen LogP contribution in [0.25, 0.3) is 0 Å². The zero-order chi connectivity index (χ0) is 15.2. The van der Waals surface area contributed by atoms with E-state index in [1.165, 1.54) is 5.56 Å². The van der Waals surface area contributed by atoms with Gasteiger partial charge in [0, 0.05) is 5.69 Å². The maximum Gasteiger partial charge on any atom is 0.340 e. The van der Waals surface area contributed by atoms with Crippen LogP contribution in [0, 0.1) is 0 Å². The Balaban J connectivity index is 2.01. The molecular weight excluding hydrogens is 264 g/mol. The highest BCUT2D eigenvalue weighted by Crippen LogP contribution is 2.29. The van der Waals surface area contributed by atoms with Gasteiger partial charge in [0.1, 0.15) is 0 Å². The first kappa shape index (κ1) is 15.8. The van der Waals surface area contributed by atoms with Gasteiger partial charge in [-0.25, -0.2) is 4.79 Å². The van der Waals surface area contributed by atoms with Crippen LogP contribution in [-0.4, -0.2) is 37.6 Å². The van der Waals surface area contributed by atoms with Crippen LogP contribution in [0.4, 0.5) is 5.69 Å². The summed E-state index contributed by atoms with van der Waals surface area (Å²) in [6.45, 7) is 4.76. The van der Waals surface area contributed by atoms with Crippen molar-refractivity contribution in [3.63, 3.8) is 0 Å². The molecule has 4 nitrogen and oxygen atoms in total. The number of anilines is 1. The number of nitrogen functional groups attached to an aromatic ring is 1. The summed E-state index contributed by atoms with van der Waals surface area (Å²) in [5.74, 6) is 0.240. The number of hydrogen-bond donors (Lipinski definition) is 1. The molecule has 4 heteroatoms. The monoisotopic (exact) mass is 290 g/mol. The van der Waals surface area contributed by atoms with Gasteiger partial charge in [0.2, 0.25) is 0 Å². The first-order valence-corrected chi connectivity index (χ1v) is 7.87. The maximum absolute atomic E-state index is 12.0. The zero-order valence-electron chi connectivity index (χ0n) is 13.1. The fraction of sp³-hybridized carbons (Fsp3) is 0.588. The Morgan fingerprint density at radius 2 is 2.10 bits per heavy atom. The topological polar surface area (TPSA) is 55.6 Å². The largest absolute Gasteiger partial charge is 0.462 e. The molecule has 1 aromatic rings. The van der Waals surface area contributed by atoms with Crippen LogP contribution in [0.1, 0.15) is 54.4 Å². The van der Waals surface area contributed by atoms with Gasteiger partial charge in [-0.2, -0.15) is 0 Å². The minimum absolute atomic E-state index is 0.309. The van der Waals surface area contributed by atoms with Gasteiger partial charge in [0.15, 0.2) is 0 Å². The van der Waals surface area contributed by atoms with Crippen molar-refractivity contribution in [1.29, 1.82) is 0 Å². The number of piperidine rings is 1. The molecule has 0 bridgehead atoms. The van der Waals surface area contributed by atoms with Crippen molar-refractivity contribution >= 4 is 11.7 Å². The molecule has 0 amide bonds. The number of ether oxygens (including phenoxy) is 1. The lowest BCUT2D eigenvalue weighted by molar-refractivity contribution is 0.0501. The minimum Gasteiger partial charge on any atom is -0.462 e. The Hall–Kier alpha value is -1.55. The Morgan fingerprint density at radius 1 is 1.38 bits per heavy atom. The summed E-state index contributed by atoms with van der Waals surface area (Å²) in [6.07, 6.45) is 4.20. The Bertz CT molecular complexity index is 480. The lowest BCUT2D eigenvalue weighted by atomic mass is 9.89. The number of esters is 1. The fourth-order valence-corrected chi connectivity index (χ4v) is 2.75. The van der Waals surface area contributed by atoms with Crippen LogP contribution in [0.3, 0.4) is 0 Å². The van der Waals surface area contributed by atoms with E-state index in [1.807, 2.05) is 18.2 Å². The highest BCUT2D eigenvalue weighted by atomic mass is 16.5. The summed E-state index contributed by atoms with van der Waals surface area (Å²) in [7, 11) is 2.15. The molecular formula is C17H26N2O2. The molecule has 2 N–H and O–H groups in total. The van der Waals surface area contributed by atoms with E-state index in [0.29, 0.717) is 23.8 Å². The number of unbranched alkanes of at least 4 members (excludes halogenated alkanes) is 1. The van der Waals surface area contributed by atoms with Crippen molar-refractivity contribution in [2.75, 3.05) is 32.5 Å². The summed E-state index contributed by atoms with van der Waals surface area (Å²) < 4.78 is 5.22. The number of carbonyl (C=O) groups is 1. The van der Waals surface area contributed by atoms with Crippen LogP contribution in [0.2, 0.25) is 0 Å². The normalized spacial score (nSPS) is 16.9. The summed E-state index contributed by atoms with van der Waals surface area (Å²) >= 11 is 0. The first-order chi connectivity index (χ1) is 10.1. The number of hydrogen-bond acceptors (Lipinski definition) is 4. The van der Waals surface area contributed by atoms with Crippen LogP contribution in [0.15, 0.2) is 18.2 Å². The number of rotatable bonds is 5. The van der Waals surface area contributed by atoms with Crippen molar-refractivity contribution < 1.29 is 9.53 Å². The summed E-state index contributed by atoms with van der Waals surface area (Å²) in [5.41, 5.74) is 8.31. The van der Waals surface area contributed by atoms with Gasteiger partial charge in [0.25, 0.3) is 0 Å². The second-order valence-corrected chi connectivity index (χ2v) is 5.91. The van der Waals surface area contributed by atoms with Crippen LogP contribution in [-0.2, 0) is 4.74 Å². The molecule has 1 aliphatic rings. The van der Waals surface area contributed by atoms with Gasteiger partial charge in [-0.05, 0) is 63.0 Å². The third-order valence-electron chi connectivity index (χ3n) is 4.22. The number of carbonyl (C=O) groups excluding carboxylic acids is 1. The van der Waals surface area contributed by atoms with Crippen molar-refractivity contribution in [2.24, 2.45) is 0 Å². The SMILES string of the molecule is CCCCOC(=O)c1ccc(C2CCN(C)CC2)cc1N. The Kier molecular flexibility index (Phi) is 5.62. The predicted octanol–water partition coefficient (Wildman–Crippen LogP) is 3.03. The van der Waals surface area contributed by atoms with Crippen molar-refractivity contribution in [1.82, 2.24) is 4.90 Å². The highest BCUT2D eigenvalue weighted by Gasteiger charge is 2.20. The average Bonchev–Trinajstić information content (AvgIpc) is 2.48. The fourth-order valence-electron chi connectivity index (χ4n) is 2.75. The summed E-state index contributed by atoms with van der Waals surface area (Å²) in [4.78, 5) is 14.3. The maximum atomic E-state index is 12.0. The molecule has 0 spiro atoms. The molecule has 21 heavy (non-hydrogen) atoms. The molecule has 0 aromatic heterocycles. The van der Waals surface area contributed by atoms with E-state index >= 15 is 0 Å². The third-order valence-corrected chi connectivity index (χ3v) is 4.22. The van der Waals surface area contributed by atoms with E-state index in [1.54, 1.807) is 0 Å². The molecule has 0 aliphatic carbocycles. The lowest BCUT2D eigenvalue weighted by Gasteiger charge is -2.29. The van der Waals surface area contributed by atoms with E-state index < -0.39 is 0 Å². The molecule has 1 aromatic carbocycles. The molecule has 116 valence electrons. The van der Waals surface area contributed by atoms with E-state index in [4.69, 9.17) is 10.5 Å². The van der Waals surface area contributed by atoms with Crippen molar-refractivity contribution in [3.05, 3.63) is 29.3 Å². The second-order valence-electron chi connectivity index (χ2n) is 5.91. The van der Waals surface area contributed by atoms with E-state index in [0.717, 1.165) is 38.8 Å². The van der Waals surface area contributed by atoms with Gasteiger partial charge < -0.3 is 15.4 Å². The molecule has 1 saturated heterocycles. The zero-order valence-corrected chi connectivity index (χ0v) is 13.1. The molecule has 1 fully saturated rings. The number of nitrogens with zero attached hydrogens (tertiary/aromatic N) is 1. The second kappa shape index (κ2) is 7.46. The van der Waals surface area contributed by atoms with Gasteiger partial charge >= 0.3 is 5.97 Å². The number of benzene rings is 1. The van der Waals surface area contributed by atoms with Gasteiger partial charge in [-0.15, -0.1) is 0 Å². The number of likely N-dealkylation sites (tertiary alicyclic amines) is 1. The standard InChI is InChI=1S/C17H26N2O2/c1-3-4-11-21-17(20)15-6-5-14(12-16(15)18)13-7-9-19(2)10-8-13/h5-6,12-13H,3-4,7-11,18H2,1-2H3. The summed E-state index contributed by atoms with van der Waals surface area (Å²) in [5, 5.41) is 0. The quantitative estimate of drug-likeness (QED) is 0.514. The Morgan fingerprint density at radius 3 is 2.71 bits per heavy atom. The van der Waals surface area contributed by atoms with Gasteiger partial charge in [-0.3, -0.25) is 0 Å². The number of nitrogens with two attached hydrogens (primary N) is 1. The molecule has 0 radical (unpaired) electrons. The minimum atomic E-state index is -0.309. The van der Waals surface area contributed by atoms with Crippen LogP contribution >= 0.6 is 0 Å². The highest BCUT2D eigenvalue weighted by molar-refractivity contribution is 5.95. The predicted molar refractivity (Wildman–Crippen MR) is 85.5 cm³/mol. The molecule has 0 atom stereocenters. The van der Waals surface area contributed by atoms with E-state index in [-0.39, 0.29) is 5.97 Å². The van der Waals surface area contributed by atoms with Gasteiger partial charge in [-0.1, -0.05) is 19.4 Å². The molecule has 2 rings (SSSR count). The van der Waals surface area contributed by atoms with Crippen molar-refractivity contribution in [3.8, 4) is 0 Å². The van der Waals surface area contributed by atoms with Crippen molar-refractivity contribution in [2.45, 2.75) is 38.5 Å². The van der Waals surface area contributed by atoms with E-state index in [9.17, 15) is 4.79 Å². The summed E-state index contributed by atoms with van der Waals surface area (Å²) in [6, 6.07) is 5.80. The smallest absolute Gasteiger partial charge is 0.340 e. The van der Waals surface area contributed by atoms with Crippen LogP contribution in [0.5, 0.6) is 0 Å². The first-order valence-electron chi connectivity index (χ1n) is 7.87. The lowest BCUT2D eigenvalue weighted by Crippen LogP contribution is -2.29.